The fourth-order valence-corrected chi connectivity index (χ4v) is 0.917. The summed E-state index contributed by atoms with van der Waals surface area (Å²) in [7, 11) is 0. The van der Waals surface area contributed by atoms with Crippen molar-refractivity contribution in [2.45, 2.75) is 6.92 Å². The molecule has 1 fully saturated rings. The van der Waals surface area contributed by atoms with Gasteiger partial charge in [-0.25, -0.2) is 0 Å². The summed E-state index contributed by atoms with van der Waals surface area (Å²) in [5, 5.41) is 0. The Morgan fingerprint density at radius 1 is 1.33 bits per heavy atom. The zero-order valence-corrected chi connectivity index (χ0v) is 7.51. The maximum Gasteiger partial charge on any atom is 0.0594 e. The largest absolute Gasteiger partial charge is 0.379 e. The van der Waals surface area contributed by atoms with Crippen LogP contribution in [0.1, 0.15) is 6.92 Å². The van der Waals surface area contributed by atoms with E-state index in [0.717, 1.165) is 26.3 Å². The van der Waals surface area contributed by atoms with Crippen LogP contribution in [0.4, 0.5) is 0 Å². The Bertz CT molecular complexity index is 64.1. The number of rotatable bonds is 1. The molecule has 0 aromatic rings. The van der Waals surface area contributed by atoms with Crippen LogP contribution in [0.25, 0.3) is 0 Å². The Balaban J connectivity index is 0.000000640. The number of morpholine rings is 1. The van der Waals surface area contributed by atoms with Gasteiger partial charge in [0.25, 0.3) is 0 Å². The van der Waals surface area contributed by atoms with E-state index in [1.807, 2.05) is 0 Å². The van der Waals surface area contributed by atoms with Gasteiger partial charge < -0.3 is 4.74 Å². The maximum absolute atomic E-state index is 5.16. The molecule has 1 rings (SSSR count). The predicted octanol–water partition coefficient (Wildman–Crippen LogP) is 0.397. The van der Waals surface area contributed by atoms with Gasteiger partial charge in [-0.15, -0.1) is 0 Å². The van der Waals surface area contributed by atoms with E-state index in [4.69, 9.17) is 4.74 Å². The van der Waals surface area contributed by atoms with Crippen molar-refractivity contribution in [3.05, 3.63) is 0 Å². The molecule has 1 aliphatic heterocycles. The fourth-order valence-electron chi connectivity index (χ4n) is 0.917. The molecule has 3 heteroatoms. The minimum absolute atomic E-state index is 0. The summed E-state index contributed by atoms with van der Waals surface area (Å²) in [6.07, 6.45) is 0. The summed E-state index contributed by atoms with van der Waals surface area (Å²) in [5.74, 6) is 0. The van der Waals surface area contributed by atoms with Crippen molar-refractivity contribution in [2.24, 2.45) is 0 Å². The van der Waals surface area contributed by atoms with E-state index < -0.39 is 0 Å². The SMILES string of the molecule is CCN1CCOCC1.P. The van der Waals surface area contributed by atoms with Crippen LogP contribution in [0.2, 0.25) is 0 Å². The minimum atomic E-state index is 0. The van der Waals surface area contributed by atoms with Crippen molar-refractivity contribution < 1.29 is 4.74 Å². The summed E-state index contributed by atoms with van der Waals surface area (Å²) in [6, 6.07) is 0. The normalized spacial score (nSPS) is 21.0. The van der Waals surface area contributed by atoms with Crippen molar-refractivity contribution in [1.29, 1.82) is 0 Å². The van der Waals surface area contributed by atoms with Crippen LogP contribution in [0.3, 0.4) is 0 Å². The van der Waals surface area contributed by atoms with Crippen LogP contribution < -0.4 is 0 Å². The van der Waals surface area contributed by atoms with E-state index in [9.17, 15) is 0 Å². The lowest BCUT2D eigenvalue weighted by atomic mass is 10.4. The van der Waals surface area contributed by atoms with Gasteiger partial charge in [0.05, 0.1) is 13.2 Å². The minimum Gasteiger partial charge on any atom is -0.379 e. The molecule has 9 heavy (non-hydrogen) atoms. The quantitative estimate of drug-likeness (QED) is 0.500. The lowest BCUT2D eigenvalue weighted by Crippen LogP contribution is -2.35. The highest BCUT2D eigenvalue weighted by Crippen LogP contribution is 1.93. The third kappa shape index (κ3) is 3.14. The smallest absolute Gasteiger partial charge is 0.0594 e. The Morgan fingerprint density at radius 2 is 1.89 bits per heavy atom. The van der Waals surface area contributed by atoms with Crippen molar-refractivity contribution in [1.82, 2.24) is 4.90 Å². The number of hydrogen-bond donors (Lipinski definition) is 0. The summed E-state index contributed by atoms with van der Waals surface area (Å²) >= 11 is 0. The first-order chi connectivity index (χ1) is 3.93. The summed E-state index contributed by atoms with van der Waals surface area (Å²) in [6.45, 7) is 7.45. The zero-order valence-electron chi connectivity index (χ0n) is 6.10. The van der Waals surface area contributed by atoms with Gasteiger partial charge in [-0.2, -0.15) is 9.90 Å². The lowest BCUT2D eigenvalue weighted by Gasteiger charge is -2.24. The Kier molecular flexibility index (Phi) is 5.36. The molecule has 0 radical (unpaired) electrons. The summed E-state index contributed by atoms with van der Waals surface area (Å²) in [4.78, 5) is 2.39. The molecule has 1 atom stereocenters. The van der Waals surface area contributed by atoms with E-state index in [1.54, 1.807) is 0 Å². The Morgan fingerprint density at radius 3 is 2.22 bits per heavy atom. The number of likely N-dealkylation sites (N-methyl/N-ethyl adjacent to an activating group) is 1. The van der Waals surface area contributed by atoms with Crippen molar-refractivity contribution >= 4 is 9.90 Å². The van der Waals surface area contributed by atoms with E-state index >= 15 is 0 Å². The molecule has 56 valence electrons. The van der Waals surface area contributed by atoms with Gasteiger partial charge in [0, 0.05) is 13.1 Å². The van der Waals surface area contributed by atoms with E-state index in [0.29, 0.717) is 0 Å². The van der Waals surface area contributed by atoms with Gasteiger partial charge in [0.1, 0.15) is 0 Å². The van der Waals surface area contributed by atoms with E-state index in [1.165, 1.54) is 6.54 Å². The second-order valence-corrected chi connectivity index (χ2v) is 2.05. The fraction of sp³-hybridized carbons (Fsp3) is 1.00. The topological polar surface area (TPSA) is 12.5 Å². The summed E-state index contributed by atoms with van der Waals surface area (Å²) < 4.78 is 5.16. The van der Waals surface area contributed by atoms with Gasteiger partial charge in [-0.1, -0.05) is 6.92 Å². The van der Waals surface area contributed by atoms with Gasteiger partial charge in [-0.05, 0) is 6.54 Å². The molecule has 1 unspecified atom stereocenters. The van der Waals surface area contributed by atoms with Crippen LogP contribution in [-0.4, -0.2) is 37.7 Å². The monoisotopic (exact) mass is 149 g/mol. The first-order valence-corrected chi connectivity index (χ1v) is 3.23. The molecule has 0 aliphatic carbocycles. The zero-order chi connectivity index (χ0) is 5.82. The average Bonchev–Trinajstić information content (AvgIpc) is 1.90. The standard InChI is InChI=1S/C6H13NO.H3P/c1-2-7-3-5-8-6-4-7;/h2-6H2,1H3;1H3. The van der Waals surface area contributed by atoms with Crippen molar-refractivity contribution in [3.8, 4) is 0 Å². The molecule has 1 saturated heterocycles. The molecule has 2 nitrogen and oxygen atoms in total. The third-order valence-corrected chi connectivity index (χ3v) is 1.55. The lowest BCUT2D eigenvalue weighted by molar-refractivity contribution is 0.0405. The van der Waals surface area contributed by atoms with Crippen LogP contribution in [0, 0.1) is 0 Å². The third-order valence-electron chi connectivity index (χ3n) is 1.55. The Hall–Kier alpha value is 0.350. The van der Waals surface area contributed by atoms with Gasteiger partial charge in [0.2, 0.25) is 0 Å². The number of hydrogen-bond acceptors (Lipinski definition) is 2. The van der Waals surface area contributed by atoms with Crippen molar-refractivity contribution in [3.63, 3.8) is 0 Å². The van der Waals surface area contributed by atoms with Gasteiger partial charge in [-0.3, -0.25) is 4.90 Å². The van der Waals surface area contributed by atoms with E-state index in [2.05, 4.69) is 11.8 Å². The first-order valence-electron chi connectivity index (χ1n) is 3.23. The molecule has 1 aliphatic rings. The molecule has 0 spiro atoms. The van der Waals surface area contributed by atoms with Crippen molar-refractivity contribution in [2.75, 3.05) is 32.8 Å². The molecule has 0 aromatic carbocycles. The highest BCUT2D eigenvalue weighted by molar-refractivity contribution is 6.92. The molecule has 1 heterocycles. The molecule has 0 aromatic heterocycles. The Labute approximate surface area is 60.2 Å². The molecular weight excluding hydrogens is 133 g/mol. The van der Waals surface area contributed by atoms with Gasteiger partial charge in [0.15, 0.2) is 0 Å². The second-order valence-electron chi connectivity index (χ2n) is 2.05. The highest BCUT2D eigenvalue weighted by atomic mass is 31.0. The average molecular weight is 149 g/mol. The maximum atomic E-state index is 5.16. The summed E-state index contributed by atoms with van der Waals surface area (Å²) in [5.41, 5.74) is 0. The van der Waals surface area contributed by atoms with Crippen LogP contribution in [0.5, 0.6) is 0 Å². The molecular formula is C6H16NOP. The van der Waals surface area contributed by atoms with Gasteiger partial charge >= 0.3 is 0 Å². The molecule has 0 bridgehead atoms. The predicted molar refractivity (Wildman–Crippen MR) is 44.0 cm³/mol. The highest BCUT2D eigenvalue weighted by Gasteiger charge is 2.05. The number of ether oxygens (including phenoxy) is 1. The molecule has 0 saturated carbocycles. The number of nitrogens with zero attached hydrogens (tertiary/aromatic N) is 1. The molecule has 0 amide bonds. The van der Waals surface area contributed by atoms with Crippen LogP contribution in [-0.2, 0) is 4.74 Å². The van der Waals surface area contributed by atoms with Crippen LogP contribution >= 0.6 is 9.90 Å². The first kappa shape index (κ1) is 9.35. The van der Waals surface area contributed by atoms with Crippen LogP contribution in [0.15, 0.2) is 0 Å². The second kappa shape index (κ2) is 5.16. The molecule has 0 N–H and O–H groups in total. The van der Waals surface area contributed by atoms with E-state index in [-0.39, 0.29) is 9.90 Å².